The van der Waals surface area contributed by atoms with E-state index in [9.17, 15) is 0 Å². The van der Waals surface area contributed by atoms with Crippen LogP contribution in [0, 0.1) is 22.7 Å². The zero-order valence-corrected chi connectivity index (χ0v) is 21.0. The molecule has 1 heterocycles. The van der Waals surface area contributed by atoms with E-state index in [0.717, 1.165) is 27.6 Å². The number of para-hydroxylation sites is 2. The highest BCUT2D eigenvalue weighted by atomic mass is 15.2. The van der Waals surface area contributed by atoms with Gasteiger partial charge in [0.25, 0.3) is 0 Å². The predicted molar refractivity (Wildman–Crippen MR) is 160 cm³/mol. The van der Waals surface area contributed by atoms with Gasteiger partial charge in [0.2, 0.25) is 0 Å². The average Bonchev–Trinajstić information content (AvgIpc) is 3.00. The van der Waals surface area contributed by atoms with Crippen molar-refractivity contribution in [2.45, 2.75) is 0 Å². The SMILES string of the molecule is N#CC(C#N)=Cc1ccc2cc(-c3ccc4c5c(cccc35)-c3ccccc3N4c3ccccc3)ccc2c1. The van der Waals surface area contributed by atoms with Crippen molar-refractivity contribution in [2.24, 2.45) is 0 Å². The van der Waals surface area contributed by atoms with Crippen LogP contribution in [0.2, 0.25) is 0 Å². The van der Waals surface area contributed by atoms with E-state index in [4.69, 9.17) is 10.5 Å². The lowest BCUT2D eigenvalue weighted by Crippen LogP contribution is -2.15. The monoisotopic (exact) mass is 495 g/mol. The third-order valence-corrected chi connectivity index (χ3v) is 7.44. The largest absolute Gasteiger partial charge is 0.309 e. The average molecular weight is 496 g/mol. The highest BCUT2D eigenvalue weighted by Crippen LogP contribution is 2.52. The smallest absolute Gasteiger partial charge is 0.130 e. The van der Waals surface area contributed by atoms with Crippen LogP contribution in [0.3, 0.4) is 0 Å². The Morgan fingerprint density at radius 3 is 2.18 bits per heavy atom. The van der Waals surface area contributed by atoms with E-state index in [1.54, 1.807) is 6.08 Å². The molecule has 0 aromatic heterocycles. The molecule has 0 bridgehead atoms. The van der Waals surface area contributed by atoms with Gasteiger partial charge in [-0.1, -0.05) is 84.9 Å². The van der Waals surface area contributed by atoms with Crippen LogP contribution in [0.1, 0.15) is 5.56 Å². The van der Waals surface area contributed by atoms with Gasteiger partial charge in [-0.25, -0.2) is 0 Å². The molecule has 0 fully saturated rings. The minimum absolute atomic E-state index is 0.0981. The summed E-state index contributed by atoms with van der Waals surface area (Å²) in [5.74, 6) is 0. The molecular weight excluding hydrogens is 474 g/mol. The van der Waals surface area contributed by atoms with Crippen LogP contribution in [0.25, 0.3) is 49.9 Å². The van der Waals surface area contributed by atoms with Crippen LogP contribution in [-0.4, -0.2) is 0 Å². The molecule has 0 saturated carbocycles. The summed E-state index contributed by atoms with van der Waals surface area (Å²) < 4.78 is 0. The highest BCUT2D eigenvalue weighted by molar-refractivity contribution is 6.17. The highest BCUT2D eigenvalue weighted by Gasteiger charge is 2.26. The van der Waals surface area contributed by atoms with Gasteiger partial charge in [0, 0.05) is 16.6 Å². The zero-order valence-electron chi connectivity index (χ0n) is 21.0. The molecule has 0 N–H and O–H groups in total. The van der Waals surface area contributed by atoms with Gasteiger partial charge >= 0.3 is 0 Å². The summed E-state index contributed by atoms with van der Waals surface area (Å²) in [6, 6.07) is 46.6. The Hall–Kier alpha value is -5.64. The molecule has 0 amide bonds. The fraction of sp³-hybridized carbons (Fsp3) is 0. The molecule has 0 unspecified atom stereocenters. The fourth-order valence-corrected chi connectivity index (χ4v) is 5.71. The number of benzene rings is 6. The van der Waals surface area contributed by atoms with E-state index in [1.165, 1.54) is 38.8 Å². The molecule has 39 heavy (non-hydrogen) atoms. The fourth-order valence-electron chi connectivity index (χ4n) is 5.71. The van der Waals surface area contributed by atoms with E-state index < -0.39 is 0 Å². The molecule has 3 heteroatoms. The summed E-state index contributed by atoms with van der Waals surface area (Å²) in [4.78, 5) is 2.36. The van der Waals surface area contributed by atoms with Crippen molar-refractivity contribution in [1.29, 1.82) is 10.5 Å². The molecule has 6 aromatic carbocycles. The molecule has 0 radical (unpaired) electrons. The maximum absolute atomic E-state index is 9.10. The van der Waals surface area contributed by atoms with Crippen molar-refractivity contribution >= 4 is 44.7 Å². The summed E-state index contributed by atoms with van der Waals surface area (Å²) >= 11 is 0. The van der Waals surface area contributed by atoms with Crippen molar-refractivity contribution in [2.75, 3.05) is 4.90 Å². The Labute approximate surface area is 226 Å². The van der Waals surface area contributed by atoms with Crippen molar-refractivity contribution < 1.29 is 0 Å². The molecule has 0 atom stereocenters. The quantitative estimate of drug-likeness (QED) is 0.229. The number of allylic oxidation sites excluding steroid dienone is 1. The summed E-state index contributed by atoms with van der Waals surface area (Å²) in [7, 11) is 0. The van der Waals surface area contributed by atoms with Gasteiger partial charge in [-0.2, -0.15) is 10.5 Å². The van der Waals surface area contributed by atoms with Crippen molar-refractivity contribution in [3.63, 3.8) is 0 Å². The maximum Gasteiger partial charge on any atom is 0.130 e. The van der Waals surface area contributed by atoms with Gasteiger partial charge in [0.15, 0.2) is 0 Å². The molecule has 1 aliphatic heterocycles. The third-order valence-electron chi connectivity index (χ3n) is 7.44. The van der Waals surface area contributed by atoms with Crippen LogP contribution >= 0.6 is 0 Å². The van der Waals surface area contributed by atoms with Gasteiger partial charge in [0.05, 0.1) is 11.4 Å². The maximum atomic E-state index is 9.10. The van der Waals surface area contributed by atoms with Gasteiger partial charge in [-0.05, 0) is 80.9 Å². The first-order valence-corrected chi connectivity index (χ1v) is 12.8. The van der Waals surface area contributed by atoms with Crippen molar-refractivity contribution in [3.8, 4) is 34.4 Å². The van der Waals surface area contributed by atoms with Gasteiger partial charge in [0.1, 0.15) is 17.7 Å². The second-order valence-electron chi connectivity index (χ2n) is 9.65. The van der Waals surface area contributed by atoms with E-state index in [2.05, 4.69) is 114 Å². The van der Waals surface area contributed by atoms with Gasteiger partial charge in [-0.3, -0.25) is 0 Å². The molecule has 7 rings (SSSR count). The van der Waals surface area contributed by atoms with Crippen LogP contribution in [0.4, 0.5) is 17.1 Å². The Balaban J connectivity index is 1.42. The van der Waals surface area contributed by atoms with Crippen LogP contribution in [0.15, 0.2) is 127 Å². The van der Waals surface area contributed by atoms with E-state index >= 15 is 0 Å². The first-order valence-electron chi connectivity index (χ1n) is 12.8. The van der Waals surface area contributed by atoms with Crippen LogP contribution in [0.5, 0.6) is 0 Å². The van der Waals surface area contributed by atoms with Gasteiger partial charge < -0.3 is 4.90 Å². The van der Waals surface area contributed by atoms with E-state index in [-0.39, 0.29) is 5.57 Å². The lowest BCUT2D eigenvalue weighted by atomic mass is 9.87. The number of hydrogen-bond donors (Lipinski definition) is 0. The molecule has 1 aliphatic rings. The summed E-state index contributed by atoms with van der Waals surface area (Å²) in [6.07, 6.45) is 1.62. The molecule has 0 spiro atoms. The van der Waals surface area contributed by atoms with Crippen LogP contribution < -0.4 is 4.90 Å². The summed E-state index contributed by atoms with van der Waals surface area (Å²) in [5, 5.41) is 22.8. The molecule has 6 aromatic rings. The topological polar surface area (TPSA) is 50.8 Å². The molecule has 180 valence electrons. The number of rotatable bonds is 3. The number of nitriles is 2. The van der Waals surface area contributed by atoms with Crippen molar-refractivity contribution in [1.82, 2.24) is 0 Å². The molecule has 0 saturated heterocycles. The lowest BCUT2D eigenvalue weighted by molar-refractivity contribution is 1.28. The molecule has 0 aliphatic carbocycles. The number of hydrogen-bond acceptors (Lipinski definition) is 3. The number of anilines is 3. The first kappa shape index (κ1) is 22.5. The molecular formula is C36H21N3. The second kappa shape index (κ2) is 9.03. The Morgan fingerprint density at radius 2 is 1.33 bits per heavy atom. The van der Waals surface area contributed by atoms with E-state index in [1.807, 2.05) is 24.3 Å². The minimum atomic E-state index is 0.0981. The van der Waals surface area contributed by atoms with Gasteiger partial charge in [-0.15, -0.1) is 0 Å². The predicted octanol–water partition coefficient (Wildman–Crippen LogP) is 9.54. The standard InChI is InChI=1S/C36H21N3/c37-22-25(23-38)19-24-13-14-27-21-28(16-15-26(27)20-24)30-17-18-35-36-32(30)10-6-11-33(36)31-9-4-5-12-34(31)39(35)29-7-2-1-3-8-29/h1-21H. The van der Waals surface area contributed by atoms with Crippen molar-refractivity contribution in [3.05, 3.63) is 132 Å². The summed E-state index contributed by atoms with van der Waals surface area (Å²) in [6.45, 7) is 0. The third kappa shape index (κ3) is 3.65. The zero-order chi connectivity index (χ0) is 26.3. The molecule has 3 nitrogen and oxygen atoms in total. The minimum Gasteiger partial charge on any atom is -0.309 e. The number of fused-ring (bicyclic) bond motifs is 3. The Bertz CT molecular complexity index is 2020. The Kier molecular flexibility index (Phi) is 5.22. The number of nitrogens with zero attached hydrogens (tertiary/aromatic N) is 3. The normalized spacial score (nSPS) is 11.5. The Morgan fingerprint density at radius 1 is 0.590 bits per heavy atom. The van der Waals surface area contributed by atoms with Crippen LogP contribution in [-0.2, 0) is 0 Å². The summed E-state index contributed by atoms with van der Waals surface area (Å²) in [5.41, 5.74) is 9.25. The van der Waals surface area contributed by atoms with E-state index in [0.29, 0.717) is 0 Å². The first-order chi connectivity index (χ1) is 19.2. The lowest BCUT2D eigenvalue weighted by Gasteiger charge is -2.34. The second-order valence-corrected chi connectivity index (χ2v) is 9.65.